The maximum Gasteiger partial charge on any atom is 0.472 e. The summed E-state index contributed by atoms with van der Waals surface area (Å²) in [4.78, 5) is 72.8. The van der Waals surface area contributed by atoms with E-state index in [9.17, 15) is 43.2 Å². The zero-order valence-electron chi connectivity index (χ0n) is 62.8. The average molecular weight is 1410 g/mol. The molecular weight excluding hydrogens is 1260 g/mol. The van der Waals surface area contributed by atoms with Crippen LogP contribution in [0.3, 0.4) is 0 Å². The molecular formula is C77H150O17P2. The third-order valence-electron chi connectivity index (χ3n) is 18.2. The van der Waals surface area contributed by atoms with E-state index < -0.39 is 97.5 Å². The number of aliphatic hydroxyl groups is 1. The van der Waals surface area contributed by atoms with Crippen molar-refractivity contribution < 1.29 is 80.2 Å². The van der Waals surface area contributed by atoms with Gasteiger partial charge >= 0.3 is 39.5 Å². The molecule has 0 saturated heterocycles. The predicted octanol–water partition coefficient (Wildman–Crippen LogP) is 22.6. The first-order valence-corrected chi connectivity index (χ1v) is 42.9. The first-order chi connectivity index (χ1) is 46.3. The van der Waals surface area contributed by atoms with Gasteiger partial charge in [-0.15, -0.1) is 0 Å². The lowest BCUT2D eigenvalue weighted by molar-refractivity contribution is -0.161. The van der Waals surface area contributed by atoms with Gasteiger partial charge in [0.25, 0.3) is 0 Å². The molecule has 0 aliphatic heterocycles. The van der Waals surface area contributed by atoms with E-state index >= 15 is 0 Å². The van der Waals surface area contributed by atoms with Gasteiger partial charge in [-0.1, -0.05) is 344 Å². The molecule has 3 unspecified atom stereocenters. The van der Waals surface area contributed by atoms with Gasteiger partial charge in [-0.3, -0.25) is 37.3 Å². The van der Waals surface area contributed by atoms with E-state index in [1.54, 1.807) is 0 Å². The molecule has 0 amide bonds. The van der Waals surface area contributed by atoms with Crippen molar-refractivity contribution in [3.8, 4) is 0 Å². The van der Waals surface area contributed by atoms with E-state index in [1.165, 1.54) is 199 Å². The van der Waals surface area contributed by atoms with Crippen LogP contribution in [0.2, 0.25) is 0 Å². The number of hydrogen-bond acceptors (Lipinski definition) is 15. The van der Waals surface area contributed by atoms with Crippen LogP contribution >= 0.6 is 15.6 Å². The average Bonchev–Trinajstić information content (AvgIpc) is 1.63. The third-order valence-corrected chi connectivity index (χ3v) is 20.1. The summed E-state index contributed by atoms with van der Waals surface area (Å²) < 4.78 is 68.5. The molecule has 0 aromatic carbocycles. The van der Waals surface area contributed by atoms with Crippen molar-refractivity contribution in [3.05, 3.63) is 0 Å². The van der Waals surface area contributed by atoms with Gasteiger partial charge in [0.1, 0.15) is 19.3 Å². The molecule has 0 bridgehead atoms. The summed E-state index contributed by atoms with van der Waals surface area (Å²) in [6, 6.07) is 0. The Labute approximate surface area is 588 Å². The van der Waals surface area contributed by atoms with Crippen molar-refractivity contribution in [2.24, 2.45) is 17.8 Å². The van der Waals surface area contributed by atoms with E-state index in [0.717, 1.165) is 108 Å². The molecule has 0 saturated carbocycles. The lowest BCUT2D eigenvalue weighted by Crippen LogP contribution is -2.30. The second kappa shape index (κ2) is 67.5. The molecule has 570 valence electrons. The monoisotopic (exact) mass is 1410 g/mol. The standard InChI is InChI=1S/C77H150O17P2/c1-8-10-11-12-13-14-15-16-17-18-22-25-31-36-44-51-58-74(79)87-64-72(93-76(81)60-53-46-37-32-26-23-20-19-21-24-30-35-43-50-57-70(7)9-2)66-91-95(83,84)89-62-71(78)63-90-96(85,86)92-67-73(65-88-75(80)59-52-45-40-39-42-49-56-69(5)6)94-77(82)61-54-47-38-33-28-27-29-34-41-48-55-68(3)4/h68-73,78H,8-67H2,1-7H3,(H,83,84)(H,85,86)/t70?,71-,72-,73-/m1/s1. The summed E-state index contributed by atoms with van der Waals surface area (Å²) in [5.74, 6) is 0.159. The smallest absolute Gasteiger partial charge is 0.462 e. The van der Waals surface area contributed by atoms with Gasteiger partial charge in [-0.2, -0.15) is 0 Å². The molecule has 6 atom stereocenters. The Bertz CT molecular complexity index is 1870. The van der Waals surface area contributed by atoms with Gasteiger partial charge in [0.05, 0.1) is 26.4 Å². The summed E-state index contributed by atoms with van der Waals surface area (Å²) in [6.07, 6.45) is 54.2. The minimum Gasteiger partial charge on any atom is -0.462 e. The van der Waals surface area contributed by atoms with Crippen molar-refractivity contribution >= 4 is 39.5 Å². The van der Waals surface area contributed by atoms with Crippen molar-refractivity contribution in [1.29, 1.82) is 0 Å². The highest BCUT2D eigenvalue weighted by Crippen LogP contribution is 2.45. The number of hydrogen-bond donors (Lipinski definition) is 3. The van der Waals surface area contributed by atoms with Crippen LogP contribution in [0.1, 0.15) is 395 Å². The van der Waals surface area contributed by atoms with Crippen LogP contribution in [-0.4, -0.2) is 96.7 Å². The normalized spacial score (nSPS) is 14.3. The SMILES string of the molecule is CCCCCCCCCCCCCCCCCCC(=O)OC[C@H](COP(=O)(O)OC[C@@H](O)COP(=O)(O)OC[C@@H](COC(=O)CCCCCCCCC(C)C)OC(=O)CCCCCCCCCCCCC(C)C)OC(=O)CCCCCCCCCCCCCCCCC(C)CC. The molecule has 0 aromatic heterocycles. The topological polar surface area (TPSA) is 237 Å². The fourth-order valence-corrected chi connectivity index (χ4v) is 13.3. The Morgan fingerprint density at radius 1 is 0.302 bits per heavy atom. The van der Waals surface area contributed by atoms with Crippen molar-refractivity contribution in [1.82, 2.24) is 0 Å². The molecule has 17 nitrogen and oxygen atoms in total. The van der Waals surface area contributed by atoms with E-state index in [4.69, 9.17) is 37.0 Å². The van der Waals surface area contributed by atoms with Crippen LogP contribution in [0.25, 0.3) is 0 Å². The van der Waals surface area contributed by atoms with E-state index in [2.05, 4.69) is 48.5 Å². The zero-order chi connectivity index (χ0) is 70.9. The summed E-state index contributed by atoms with van der Waals surface area (Å²) in [6.45, 7) is 11.9. The van der Waals surface area contributed by atoms with Gasteiger partial charge in [-0.25, -0.2) is 9.13 Å². The van der Waals surface area contributed by atoms with E-state index in [0.29, 0.717) is 31.6 Å². The Kier molecular flexibility index (Phi) is 66.2. The molecule has 0 aromatic rings. The summed E-state index contributed by atoms with van der Waals surface area (Å²) in [5.41, 5.74) is 0. The van der Waals surface area contributed by atoms with Gasteiger partial charge in [0.15, 0.2) is 12.2 Å². The molecule has 0 aliphatic carbocycles. The highest BCUT2D eigenvalue weighted by molar-refractivity contribution is 7.47. The van der Waals surface area contributed by atoms with Crippen LogP contribution in [0.5, 0.6) is 0 Å². The van der Waals surface area contributed by atoms with Gasteiger partial charge in [0.2, 0.25) is 0 Å². The lowest BCUT2D eigenvalue weighted by atomic mass is 9.99. The number of ether oxygens (including phenoxy) is 4. The Morgan fingerprint density at radius 3 is 0.792 bits per heavy atom. The molecule has 96 heavy (non-hydrogen) atoms. The van der Waals surface area contributed by atoms with Gasteiger partial charge in [-0.05, 0) is 43.4 Å². The van der Waals surface area contributed by atoms with Gasteiger partial charge < -0.3 is 33.8 Å². The number of unbranched alkanes of at least 4 members (excludes halogenated alkanes) is 42. The third kappa shape index (κ3) is 69.2. The van der Waals surface area contributed by atoms with Gasteiger partial charge in [0, 0.05) is 25.7 Å². The minimum atomic E-state index is -4.96. The molecule has 3 N–H and O–H groups in total. The quantitative estimate of drug-likeness (QED) is 0.0222. The zero-order valence-corrected chi connectivity index (χ0v) is 64.6. The number of rotatable bonds is 75. The lowest BCUT2D eigenvalue weighted by Gasteiger charge is -2.21. The van der Waals surface area contributed by atoms with Crippen molar-refractivity contribution in [2.45, 2.75) is 414 Å². The fraction of sp³-hybridized carbons (Fsp3) is 0.948. The first-order valence-electron chi connectivity index (χ1n) is 39.9. The predicted molar refractivity (Wildman–Crippen MR) is 391 cm³/mol. The largest absolute Gasteiger partial charge is 0.472 e. The summed E-state index contributed by atoms with van der Waals surface area (Å²) >= 11 is 0. The Morgan fingerprint density at radius 2 is 0.531 bits per heavy atom. The summed E-state index contributed by atoms with van der Waals surface area (Å²) in [5, 5.41) is 10.6. The molecule has 0 aliphatic rings. The highest BCUT2D eigenvalue weighted by Gasteiger charge is 2.30. The van der Waals surface area contributed by atoms with E-state index in [1.807, 2.05) is 0 Å². The molecule has 0 fully saturated rings. The second-order valence-electron chi connectivity index (χ2n) is 28.9. The molecule has 0 rings (SSSR count). The first kappa shape index (κ1) is 94.1. The van der Waals surface area contributed by atoms with Crippen molar-refractivity contribution in [3.63, 3.8) is 0 Å². The van der Waals surface area contributed by atoms with E-state index in [-0.39, 0.29) is 25.7 Å². The summed E-state index contributed by atoms with van der Waals surface area (Å²) in [7, 11) is -9.91. The number of aliphatic hydroxyl groups excluding tert-OH is 1. The maximum atomic E-state index is 13.1. The number of carbonyl (C=O) groups is 4. The molecule has 19 heteroatoms. The number of phosphoric ester groups is 2. The number of phosphoric acid groups is 2. The Hall–Kier alpha value is -1.94. The van der Waals surface area contributed by atoms with Crippen LogP contribution in [0, 0.1) is 17.8 Å². The van der Waals surface area contributed by atoms with Crippen LogP contribution in [0.4, 0.5) is 0 Å². The maximum absolute atomic E-state index is 13.1. The van der Waals surface area contributed by atoms with Crippen LogP contribution in [-0.2, 0) is 65.4 Å². The molecule has 0 heterocycles. The number of esters is 4. The minimum absolute atomic E-state index is 0.105. The van der Waals surface area contributed by atoms with Crippen LogP contribution < -0.4 is 0 Å². The second-order valence-corrected chi connectivity index (χ2v) is 31.8. The highest BCUT2D eigenvalue weighted by atomic mass is 31.2. The Balaban J connectivity index is 5.24. The molecule has 0 radical (unpaired) electrons. The van der Waals surface area contributed by atoms with Crippen LogP contribution in [0.15, 0.2) is 0 Å². The fourth-order valence-electron chi connectivity index (χ4n) is 11.7. The molecule has 0 spiro atoms. The number of carbonyl (C=O) groups excluding carboxylic acids is 4. The van der Waals surface area contributed by atoms with Crippen molar-refractivity contribution in [2.75, 3.05) is 39.6 Å².